The lowest BCUT2D eigenvalue weighted by Gasteiger charge is -2.21. The average molecular weight is 355 g/mol. The molecule has 0 bridgehead atoms. The van der Waals surface area contributed by atoms with Crippen molar-refractivity contribution in [3.05, 3.63) is 25.7 Å². The van der Waals surface area contributed by atoms with E-state index in [2.05, 4.69) is 59.3 Å². The van der Waals surface area contributed by atoms with E-state index in [0.29, 0.717) is 5.75 Å². The second kappa shape index (κ2) is 3.77. The Hall–Kier alpha value is 0.230. The second-order valence-corrected chi connectivity index (χ2v) is 6.05. The van der Waals surface area contributed by atoms with Crippen molar-refractivity contribution in [2.45, 2.75) is 26.2 Å². The van der Waals surface area contributed by atoms with Gasteiger partial charge in [0.05, 0.1) is 3.57 Å². The molecule has 0 saturated carbocycles. The summed E-state index contributed by atoms with van der Waals surface area (Å²) in [7, 11) is 0. The largest absolute Gasteiger partial charge is 0.507 e. The van der Waals surface area contributed by atoms with Gasteiger partial charge in [-0.1, -0.05) is 36.7 Å². The van der Waals surface area contributed by atoms with Crippen LogP contribution in [0.5, 0.6) is 5.75 Å². The standard InChI is InChI=1S/C10H12BrIO/c1-10(2,3)6-4-8(12)9(13)5-7(6)11/h4-5,13H,1-3H3. The maximum atomic E-state index is 9.45. The molecule has 0 atom stereocenters. The van der Waals surface area contributed by atoms with Gasteiger partial charge in [0.15, 0.2) is 0 Å². The molecule has 0 saturated heterocycles. The summed E-state index contributed by atoms with van der Waals surface area (Å²) < 4.78 is 1.86. The SMILES string of the molecule is CC(C)(C)c1cc(I)c(O)cc1Br. The number of benzene rings is 1. The lowest BCUT2D eigenvalue weighted by molar-refractivity contribution is 0.469. The Morgan fingerprint density at radius 3 is 2.31 bits per heavy atom. The second-order valence-electron chi connectivity index (χ2n) is 4.03. The lowest BCUT2D eigenvalue weighted by atomic mass is 9.87. The molecule has 0 unspecified atom stereocenters. The number of phenolic OH excluding ortho intramolecular Hbond substituents is 1. The Labute approximate surface area is 101 Å². The monoisotopic (exact) mass is 354 g/mol. The van der Waals surface area contributed by atoms with Crippen LogP contribution in [0, 0.1) is 3.57 Å². The maximum Gasteiger partial charge on any atom is 0.130 e. The number of aromatic hydroxyl groups is 1. The van der Waals surface area contributed by atoms with Crippen LogP contribution >= 0.6 is 38.5 Å². The number of rotatable bonds is 0. The predicted molar refractivity (Wildman–Crippen MR) is 67.2 cm³/mol. The molecular formula is C10H12BrIO. The summed E-state index contributed by atoms with van der Waals surface area (Å²) in [6.45, 7) is 6.46. The van der Waals surface area contributed by atoms with Gasteiger partial charge in [0, 0.05) is 4.47 Å². The molecule has 1 nitrogen and oxygen atoms in total. The molecule has 1 aromatic carbocycles. The van der Waals surface area contributed by atoms with Crippen molar-refractivity contribution in [2.75, 3.05) is 0 Å². The molecule has 1 rings (SSSR count). The van der Waals surface area contributed by atoms with Crippen LogP contribution in [0.15, 0.2) is 16.6 Å². The van der Waals surface area contributed by atoms with E-state index in [1.54, 1.807) is 6.07 Å². The summed E-state index contributed by atoms with van der Waals surface area (Å²) in [6, 6.07) is 3.77. The fraction of sp³-hybridized carbons (Fsp3) is 0.400. The maximum absolute atomic E-state index is 9.45. The van der Waals surface area contributed by atoms with Gasteiger partial charge in [-0.2, -0.15) is 0 Å². The molecule has 0 spiro atoms. The van der Waals surface area contributed by atoms with Gasteiger partial charge in [-0.05, 0) is 45.7 Å². The van der Waals surface area contributed by atoms with Gasteiger partial charge < -0.3 is 5.11 Å². The Kier molecular flexibility index (Phi) is 3.28. The molecule has 3 heteroatoms. The first-order valence-corrected chi connectivity index (χ1v) is 5.88. The molecule has 0 aliphatic rings. The molecule has 0 radical (unpaired) electrons. The van der Waals surface area contributed by atoms with Gasteiger partial charge in [0.2, 0.25) is 0 Å². The van der Waals surface area contributed by atoms with Crippen molar-refractivity contribution in [2.24, 2.45) is 0 Å². The van der Waals surface area contributed by atoms with Crippen LogP contribution in [-0.2, 0) is 5.41 Å². The molecule has 1 aromatic rings. The zero-order valence-corrected chi connectivity index (χ0v) is 11.6. The van der Waals surface area contributed by atoms with Gasteiger partial charge in [0.1, 0.15) is 5.75 Å². The minimum absolute atomic E-state index is 0.104. The summed E-state index contributed by atoms with van der Waals surface area (Å²) in [6.07, 6.45) is 0. The zero-order valence-electron chi connectivity index (χ0n) is 7.86. The molecule has 0 aliphatic heterocycles. The first-order valence-electron chi connectivity index (χ1n) is 4.01. The van der Waals surface area contributed by atoms with Gasteiger partial charge in [-0.3, -0.25) is 0 Å². The van der Waals surface area contributed by atoms with Crippen LogP contribution in [0.25, 0.3) is 0 Å². The summed E-state index contributed by atoms with van der Waals surface area (Å²) in [5.41, 5.74) is 1.32. The van der Waals surface area contributed by atoms with Crippen LogP contribution < -0.4 is 0 Å². The summed E-state index contributed by atoms with van der Waals surface area (Å²) >= 11 is 5.59. The van der Waals surface area contributed by atoms with E-state index < -0.39 is 0 Å². The van der Waals surface area contributed by atoms with E-state index in [1.807, 2.05) is 6.07 Å². The van der Waals surface area contributed by atoms with Gasteiger partial charge >= 0.3 is 0 Å². The predicted octanol–water partition coefficient (Wildman–Crippen LogP) is 4.06. The highest BCUT2D eigenvalue weighted by atomic mass is 127. The lowest BCUT2D eigenvalue weighted by Crippen LogP contribution is -2.12. The number of hydrogen-bond donors (Lipinski definition) is 1. The van der Waals surface area contributed by atoms with E-state index in [4.69, 9.17) is 0 Å². The van der Waals surface area contributed by atoms with Crippen molar-refractivity contribution in [1.29, 1.82) is 0 Å². The summed E-state index contributed by atoms with van der Waals surface area (Å²) in [5, 5.41) is 9.45. The fourth-order valence-electron chi connectivity index (χ4n) is 1.11. The molecule has 1 N–H and O–H groups in total. The zero-order chi connectivity index (χ0) is 10.2. The van der Waals surface area contributed by atoms with Crippen LogP contribution in [0.1, 0.15) is 26.3 Å². The smallest absolute Gasteiger partial charge is 0.130 e. The van der Waals surface area contributed by atoms with Crippen molar-refractivity contribution >= 4 is 38.5 Å². The number of hydrogen-bond acceptors (Lipinski definition) is 1. The molecule has 72 valence electrons. The minimum Gasteiger partial charge on any atom is -0.507 e. The highest BCUT2D eigenvalue weighted by molar-refractivity contribution is 14.1. The molecule has 13 heavy (non-hydrogen) atoms. The Balaban J connectivity index is 3.32. The van der Waals surface area contributed by atoms with Gasteiger partial charge in [-0.25, -0.2) is 0 Å². The third kappa shape index (κ3) is 2.59. The molecule has 0 heterocycles. The summed E-state index contributed by atoms with van der Waals surface area (Å²) in [4.78, 5) is 0. The molecular weight excluding hydrogens is 343 g/mol. The van der Waals surface area contributed by atoms with E-state index in [0.717, 1.165) is 8.04 Å². The molecule has 0 aromatic heterocycles. The van der Waals surface area contributed by atoms with Crippen LogP contribution in [-0.4, -0.2) is 5.11 Å². The minimum atomic E-state index is 0.104. The normalized spacial score (nSPS) is 11.8. The average Bonchev–Trinajstić information content (AvgIpc) is 1.94. The van der Waals surface area contributed by atoms with Crippen LogP contribution in [0.3, 0.4) is 0 Å². The third-order valence-corrected chi connectivity index (χ3v) is 3.36. The van der Waals surface area contributed by atoms with Crippen LogP contribution in [0.4, 0.5) is 0 Å². The quantitative estimate of drug-likeness (QED) is 0.696. The highest BCUT2D eigenvalue weighted by Crippen LogP contribution is 2.34. The molecule has 0 fully saturated rings. The number of phenols is 1. The Morgan fingerprint density at radius 2 is 1.85 bits per heavy atom. The first kappa shape index (κ1) is 11.3. The summed E-state index contributed by atoms with van der Waals surface area (Å²) in [5.74, 6) is 0.334. The van der Waals surface area contributed by atoms with E-state index >= 15 is 0 Å². The van der Waals surface area contributed by atoms with E-state index in [1.165, 1.54) is 5.56 Å². The van der Waals surface area contributed by atoms with Crippen molar-refractivity contribution in [1.82, 2.24) is 0 Å². The molecule has 0 aliphatic carbocycles. The molecule has 0 amide bonds. The van der Waals surface area contributed by atoms with Crippen molar-refractivity contribution < 1.29 is 5.11 Å². The highest BCUT2D eigenvalue weighted by Gasteiger charge is 2.18. The van der Waals surface area contributed by atoms with Crippen LogP contribution in [0.2, 0.25) is 0 Å². The Morgan fingerprint density at radius 1 is 1.31 bits per heavy atom. The van der Waals surface area contributed by atoms with Crippen molar-refractivity contribution in [3.63, 3.8) is 0 Å². The van der Waals surface area contributed by atoms with Gasteiger partial charge in [0.25, 0.3) is 0 Å². The van der Waals surface area contributed by atoms with Gasteiger partial charge in [-0.15, -0.1) is 0 Å². The van der Waals surface area contributed by atoms with Crippen molar-refractivity contribution in [3.8, 4) is 5.75 Å². The fourth-order valence-corrected chi connectivity index (χ4v) is 2.50. The number of halogens is 2. The first-order chi connectivity index (χ1) is 5.82. The van der Waals surface area contributed by atoms with E-state index in [9.17, 15) is 5.11 Å². The third-order valence-electron chi connectivity index (χ3n) is 1.84. The topological polar surface area (TPSA) is 20.2 Å². The van der Waals surface area contributed by atoms with E-state index in [-0.39, 0.29) is 5.41 Å². The Bertz CT molecular complexity index is 328.